The molecular formula is C16H24N4. The summed E-state index contributed by atoms with van der Waals surface area (Å²) in [4.78, 5) is 6.58. The smallest absolute Gasteiger partial charge is 0.143 e. The summed E-state index contributed by atoms with van der Waals surface area (Å²) in [5.74, 6) is 1.46. The predicted molar refractivity (Wildman–Crippen MR) is 81.5 cm³/mol. The Kier molecular flexibility index (Phi) is 5.37. The highest BCUT2D eigenvalue weighted by atomic mass is 15.1. The summed E-state index contributed by atoms with van der Waals surface area (Å²) in [6, 6.07) is 6.30. The highest BCUT2D eigenvalue weighted by molar-refractivity contribution is 5.51. The number of nitriles is 1. The molecule has 1 heterocycles. The van der Waals surface area contributed by atoms with E-state index in [1.165, 1.54) is 32.1 Å². The van der Waals surface area contributed by atoms with Gasteiger partial charge in [-0.2, -0.15) is 5.26 Å². The van der Waals surface area contributed by atoms with Crippen molar-refractivity contribution in [3.8, 4) is 6.07 Å². The van der Waals surface area contributed by atoms with Gasteiger partial charge in [0.2, 0.25) is 0 Å². The summed E-state index contributed by atoms with van der Waals surface area (Å²) in [5, 5.41) is 12.5. The molecule has 1 aliphatic rings. The molecule has 0 amide bonds. The number of hydrogen-bond acceptors (Lipinski definition) is 4. The fourth-order valence-corrected chi connectivity index (χ4v) is 3.13. The number of anilines is 1. The monoisotopic (exact) mass is 272 g/mol. The lowest BCUT2D eigenvalue weighted by atomic mass is 9.83. The number of pyridine rings is 1. The van der Waals surface area contributed by atoms with Crippen molar-refractivity contribution in [2.75, 3.05) is 26.0 Å². The summed E-state index contributed by atoms with van der Waals surface area (Å²) >= 11 is 0. The Morgan fingerprint density at radius 1 is 1.40 bits per heavy atom. The van der Waals surface area contributed by atoms with Gasteiger partial charge in [-0.25, -0.2) is 4.98 Å². The first-order valence-corrected chi connectivity index (χ1v) is 7.48. The van der Waals surface area contributed by atoms with Gasteiger partial charge in [-0.15, -0.1) is 0 Å². The zero-order valence-electron chi connectivity index (χ0n) is 12.5. The molecule has 1 aromatic heterocycles. The molecule has 1 aromatic rings. The SMILES string of the molecule is CN(C)[C@@H](CNc1ncccc1C#N)C1CCCCC1. The summed E-state index contributed by atoms with van der Waals surface area (Å²) in [7, 11) is 4.29. The fraction of sp³-hybridized carbons (Fsp3) is 0.625. The maximum absolute atomic E-state index is 9.10. The Balaban J connectivity index is 2.00. The van der Waals surface area contributed by atoms with Crippen LogP contribution in [0.3, 0.4) is 0 Å². The molecule has 0 spiro atoms. The van der Waals surface area contributed by atoms with E-state index < -0.39 is 0 Å². The van der Waals surface area contributed by atoms with Crippen molar-refractivity contribution in [2.45, 2.75) is 38.1 Å². The molecule has 4 nitrogen and oxygen atoms in total. The van der Waals surface area contributed by atoms with E-state index in [0.717, 1.165) is 12.5 Å². The van der Waals surface area contributed by atoms with Crippen molar-refractivity contribution in [1.82, 2.24) is 9.88 Å². The molecule has 2 rings (SSSR count). The number of likely N-dealkylation sites (N-methyl/N-ethyl adjacent to an activating group) is 1. The lowest BCUT2D eigenvalue weighted by Crippen LogP contribution is -2.41. The third-order valence-corrected chi connectivity index (χ3v) is 4.26. The molecule has 108 valence electrons. The molecular weight excluding hydrogens is 248 g/mol. The first kappa shape index (κ1) is 14.8. The maximum atomic E-state index is 9.10. The summed E-state index contributed by atoms with van der Waals surface area (Å²) in [6.07, 6.45) is 8.44. The van der Waals surface area contributed by atoms with Gasteiger partial charge in [0.25, 0.3) is 0 Å². The van der Waals surface area contributed by atoms with Crippen LogP contribution in [0.1, 0.15) is 37.7 Å². The third-order valence-electron chi connectivity index (χ3n) is 4.26. The first-order valence-electron chi connectivity index (χ1n) is 7.48. The van der Waals surface area contributed by atoms with E-state index >= 15 is 0 Å². The predicted octanol–water partition coefficient (Wildman–Crippen LogP) is 2.88. The van der Waals surface area contributed by atoms with Gasteiger partial charge in [-0.05, 0) is 45.0 Å². The van der Waals surface area contributed by atoms with Gasteiger partial charge < -0.3 is 10.2 Å². The molecule has 1 fully saturated rings. The van der Waals surface area contributed by atoms with Crippen molar-refractivity contribution < 1.29 is 0 Å². The van der Waals surface area contributed by atoms with Crippen molar-refractivity contribution in [2.24, 2.45) is 5.92 Å². The van der Waals surface area contributed by atoms with Crippen LogP contribution in [-0.4, -0.2) is 36.6 Å². The van der Waals surface area contributed by atoms with E-state index in [2.05, 4.69) is 35.4 Å². The quantitative estimate of drug-likeness (QED) is 0.895. The number of hydrogen-bond donors (Lipinski definition) is 1. The molecule has 1 N–H and O–H groups in total. The summed E-state index contributed by atoms with van der Waals surface area (Å²) < 4.78 is 0. The molecule has 0 aliphatic heterocycles. The molecule has 0 bridgehead atoms. The number of aromatic nitrogens is 1. The van der Waals surface area contributed by atoms with Crippen LogP contribution < -0.4 is 5.32 Å². The molecule has 1 saturated carbocycles. The van der Waals surface area contributed by atoms with Crippen LogP contribution in [0.5, 0.6) is 0 Å². The molecule has 1 aliphatic carbocycles. The zero-order valence-corrected chi connectivity index (χ0v) is 12.5. The van der Waals surface area contributed by atoms with Crippen LogP contribution in [0, 0.1) is 17.2 Å². The van der Waals surface area contributed by atoms with Crippen LogP contribution in [0.4, 0.5) is 5.82 Å². The van der Waals surface area contributed by atoms with Gasteiger partial charge in [-0.1, -0.05) is 19.3 Å². The van der Waals surface area contributed by atoms with Crippen LogP contribution in [0.2, 0.25) is 0 Å². The first-order chi connectivity index (χ1) is 9.72. The topological polar surface area (TPSA) is 52.0 Å². The van der Waals surface area contributed by atoms with Crippen molar-refractivity contribution in [3.63, 3.8) is 0 Å². The van der Waals surface area contributed by atoms with Crippen LogP contribution in [0.25, 0.3) is 0 Å². The average molecular weight is 272 g/mol. The molecule has 0 aromatic carbocycles. The third kappa shape index (κ3) is 3.71. The Morgan fingerprint density at radius 2 is 2.15 bits per heavy atom. The largest absolute Gasteiger partial charge is 0.367 e. The van der Waals surface area contributed by atoms with Crippen molar-refractivity contribution in [1.29, 1.82) is 5.26 Å². The Morgan fingerprint density at radius 3 is 2.80 bits per heavy atom. The second kappa shape index (κ2) is 7.25. The number of rotatable bonds is 5. The van der Waals surface area contributed by atoms with E-state index in [1.807, 2.05) is 0 Å². The molecule has 0 radical (unpaired) electrons. The van der Waals surface area contributed by atoms with E-state index in [-0.39, 0.29) is 0 Å². The van der Waals surface area contributed by atoms with Crippen LogP contribution >= 0.6 is 0 Å². The maximum Gasteiger partial charge on any atom is 0.143 e. The lowest BCUT2D eigenvalue weighted by molar-refractivity contribution is 0.179. The van der Waals surface area contributed by atoms with E-state index in [4.69, 9.17) is 5.26 Å². The molecule has 4 heteroatoms. The minimum Gasteiger partial charge on any atom is -0.367 e. The van der Waals surface area contributed by atoms with Gasteiger partial charge in [0, 0.05) is 18.8 Å². The highest BCUT2D eigenvalue weighted by Crippen LogP contribution is 2.28. The standard InChI is InChI=1S/C16H24N4/c1-20(2)15(13-7-4-3-5-8-13)12-19-16-14(11-17)9-6-10-18-16/h6,9-10,13,15H,3-5,7-8,12H2,1-2H3,(H,18,19)/t15-/m0/s1. The molecule has 20 heavy (non-hydrogen) atoms. The molecule has 0 saturated heterocycles. The fourth-order valence-electron chi connectivity index (χ4n) is 3.13. The Hall–Kier alpha value is -1.60. The Bertz CT molecular complexity index is 458. The van der Waals surface area contributed by atoms with E-state index in [1.54, 1.807) is 18.3 Å². The number of nitrogens with zero attached hydrogens (tertiary/aromatic N) is 3. The van der Waals surface area contributed by atoms with Crippen LogP contribution in [-0.2, 0) is 0 Å². The van der Waals surface area contributed by atoms with Crippen LogP contribution in [0.15, 0.2) is 18.3 Å². The summed E-state index contributed by atoms with van der Waals surface area (Å²) in [5.41, 5.74) is 0.619. The average Bonchev–Trinajstić information content (AvgIpc) is 2.48. The second-order valence-corrected chi connectivity index (χ2v) is 5.82. The van der Waals surface area contributed by atoms with E-state index in [0.29, 0.717) is 17.4 Å². The second-order valence-electron chi connectivity index (χ2n) is 5.82. The molecule has 1 atom stereocenters. The normalized spacial score (nSPS) is 17.7. The zero-order chi connectivity index (χ0) is 14.4. The minimum absolute atomic E-state index is 0.504. The van der Waals surface area contributed by atoms with Gasteiger partial charge in [-0.3, -0.25) is 0 Å². The lowest BCUT2D eigenvalue weighted by Gasteiger charge is -2.35. The minimum atomic E-state index is 0.504. The van der Waals surface area contributed by atoms with Gasteiger partial charge in [0.15, 0.2) is 0 Å². The van der Waals surface area contributed by atoms with Gasteiger partial charge in [0.05, 0.1) is 5.56 Å². The molecule has 0 unspecified atom stereocenters. The van der Waals surface area contributed by atoms with E-state index in [9.17, 15) is 0 Å². The number of nitrogens with one attached hydrogen (secondary N) is 1. The Labute approximate surface area is 121 Å². The van der Waals surface area contributed by atoms with Crippen molar-refractivity contribution in [3.05, 3.63) is 23.9 Å². The van der Waals surface area contributed by atoms with Gasteiger partial charge in [0.1, 0.15) is 11.9 Å². The summed E-state index contributed by atoms with van der Waals surface area (Å²) in [6.45, 7) is 0.851. The highest BCUT2D eigenvalue weighted by Gasteiger charge is 2.25. The van der Waals surface area contributed by atoms with Crippen molar-refractivity contribution >= 4 is 5.82 Å². The van der Waals surface area contributed by atoms with Gasteiger partial charge >= 0.3 is 0 Å².